The molecule has 0 N–H and O–H groups in total. The van der Waals surface area contributed by atoms with Gasteiger partial charge in [0.1, 0.15) is 20.5 Å². The summed E-state index contributed by atoms with van der Waals surface area (Å²) >= 11 is 0. The maximum absolute atomic E-state index is 11.9. The molecule has 0 radical (unpaired) electrons. The minimum Gasteiger partial charge on any atom is -0.492 e. The van der Waals surface area contributed by atoms with Crippen molar-refractivity contribution < 1.29 is 85.7 Å². The summed E-state index contributed by atoms with van der Waals surface area (Å²) in [6.45, 7) is 103. The van der Waals surface area contributed by atoms with E-state index in [2.05, 4.69) is 248 Å². The third-order valence-corrected chi connectivity index (χ3v) is 53.9. The van der Waals surface area contributed by atoms with E-state index >= 15 is 0 Å². The lowest BCUT2D eigenvalue weighted by Gasteiger charge is -2.42. The molecule has 0 atom stereocenters. The molecule has 33 heteroatoms. The fourth-order valence-electron chi connectivity index (χ4n) is 9.04. The van der Waals surface area contributed by atoms with Gasteiger partial charge in [0.25, 0.3) is 0 Å². The first-order valence-electron chi connectivity index (χ1n) is 35.7. The lowest BCUT2D eigenvalue weighted by Crippen LogP contribution is -2.61. The van der Waals surface area contributed by atoms with Crippen LogP contribution in [-0.4, -0.2) is 184 Å². The lowest BCUT2D eigenvalue weighted by atomic mass is 10.4. The van der Waals surface area contributed by atoms with E-state index in [1.165, 1.54) is 5.19 Å². The summed E-state index contributed by atoms with van der Waals surface area (Å²) in [7, 11) is -26.1. The first-order valence-corrected chi connectivity index (χ1v) is 80.3. The molecule has 0 aliphatic heterocycles. The highest BCUT2D eigenvalue weighted by molar-refractivity contribution is 6.97. The smallest absolute Gasteiger partial charge is 0.385 e. The topological polar surface area (TPSA) is 222 Å². The standard InChI is InChI=1S/C15H36O4Si4.C14H32O4Si3.C13H18O2Si.C12H28O4Si3.C9H20O3Si2.C8H16O2Si/c1-14(2)15(16)17-12-23(13-20(3,4)5,18-21(6,7)8)19-22(9,10)11;1-13(2)14(15)16-11-10-12-21(9,17-19(3,4)5)18-20(6,7)8;1-11(2)13(14)15-10-16(3,4)12-8-6-5-7-9-12;1-11(2)12(13)14-10-19(9,15-17(3,4)5)16-18(6,7)8;1-8(2)9(10)11-14(6,7)12-13(3,4)5;1-7(2)8(9)10-6-11(3,4)5/h1,12-13H2,2-11H3;1,10-12H2,2-9H3;5-9H,1,10H2,2-4H3;1,10H2,2-9H3;1H2,2-7H3;1,6H2,2-5H3. The number of ether oxygens (including phenoxy) is 5. The Kier molecular flexibility index (Phi) is 48.7. The van der Waals surface area contributed by atoms with Crippen LogP contribution in [0, 0.1) is 0 Å². The zero-order valence-electron chi connectivity index (χ0n) is 73.0. The molecule has 0 saturated carbocycles. The Morgan fingerprint density at radius 2 is 0.587 bits per heavy atom. The Morgan fingerprint density at radius 3 is 0.875 bits per heavy atom. The number of benzene rings is 1. The molecule has 19 nitrogen and oxygen atoms in total. The summed E-state index contributed by atoms with van der Waals surface area (Å²) in [5.41, 5.74) is 3.55. The van der Waals surface area contributed by atoms with Crippen LogP contribution in [0.3, 0.4) is 0 Å². The number of esters is 5. The lowest BCUT2D eigenvalue weighted by molar-refractivity contribution is -0.139. The van der Waals surface area contributed by atoms with Gasteiger partial charge in [-0.3, -0.25) is 0 Å². The molecular formula is C71H150O19Si14. The van der Waals surface area contributed by atoms with Crippen molar-refractivity contribution in [3.8, 4) is 0 Å². The first-order chi connectivity index (χ1) is 45.7. The van der Waals surface area contributed by atoms with Gasteiger partial charge in [0.2, 0.25) is 0 Å². The number of rotatable bonds is 36. The molecule has 1 aromatic rings. The van der Waals surface area contributed by atoms with E-state index in [1.54, 1.807) is 41.5 Å². The van der Waals surface area contributed by atoms with Gasteiger partial charge in [0.15, 0.2) is 58.2 Å². The Bertz CT molecular complexity index is 2860. The van der Waals surface area contributed by atoms with Crippen LogP contribution in [0.25, 0.3) is 0 Å². The SMILES string of the molecule is C=C(C)C(=O)OCCC[Si](C)(O[Si](C)(C)C)O[Si](C)(C)C.C=C(C)C(=O)OC[Si](C)(C)C.C=C(C)C(=O)OC[Si](C)(C)c1ccccc1.C=C(C)C(=O)OC[Si](C)(O[Si](C)(C)C)O[Si](C)(C)C.C=C(C)C(=O)OC[Si](C[Si](C)(C)C)(O[Si](C)(C)C)O[Si](C)(C)C.C=C(C)C(=O)O[Si](C)(C)O[Si](C)(C)C. The molecule has 0 unspecified atom stereocenters. The van der Waals surface area contributed by atoms with Crippen molar-refractivity contribution in [3.63, 3.8) is 0 Å². The summed E-state index contributed by atoms with van der Waals surface area (Å²) < 4.78 is 75.8. The van der Waals surface area contributed by atoms with Crippen molar-refractivity contribution >= 4 is 158 Å². The molecule has 0 bridgehead atoms. The highest BCUT2D eigenvalue weighted by atomic mass is 28.5. The van der Waals surface area contributed by atoms with E-state index in [0.717, 1.165) is 18.1 Å². The molecule has 0 aromatic heterocycles. The van der Waals surface area contributed by atoms with Gasteiger partial charge in [-0.2, -0.15) is 0 Å². The van der Waals surface area contributed by atoms with Crippen LogP contribution in [0.4, 0.5) is 0 Å². The summed E-state index contributed by atoms with van der Waals surface area (Å²) in [5.74, 6) is -1.97. The maximum Gasteiger partial charge on any atom is 0.385 e. The van der Waals surface area contributed by atoms with Gasteiger partial charge in [-0.25, -0.2) is 28.8 Å². The molecule has 0 saturated heterocycles. The summed E-state index contributed by atoms with van der Waals surface area (Å²) in [6, 6.07) is 11.1. The fraction of sp³-hybridized carbons (Fsp3) is 0.662. The van der Waals surface area contributed by atoms with Crippen LogP contribution in [-0.2, 0) is 85.7 Å². The second kappa shape index (κ2) is 46.2. The normalized spacial score (nSPS) is 12.6. The van der Waals surface area contributed by atoms with Gasteiger partial charge in [0, 0.05) is 41.5 Å². The van der Waals surface area contributed by atoms with Gasteiger partial charge < -0.3 is 56.9 Å². The number of carbonyl (C=O) groups excluding carboxylic acids is 6. The van der Waals surface area contributed by atoms with E-state index < -0.39 is 117 Å². The molecule has 0 aliphatic carbocycles. The van der Waals surface area contributed by atoms with Crippen molar-refractivity contribution in [2.24, 2.45) is 0 Å². The van der Waals surface area contributed by atoms with Gasteiger partial charge >= 0.3 is 70.1 Å². The first kappa shape index (κ1) is 110. The molecule has 604 valence electrons. The summed E-state index contributed by atoms with van der Waals surface area (Å²) in [6.07, 6.45) is 2.36. The molecule has 0 amide bonds. The van der Waals surface area contributed by atoms with Crippen LogP contribution >= 0.6 is 0 Å². The van der Waals surface area contributed by atoms with Crippen molar-refractivity contribution in [3.05, 3.63) is 103 Å². The molecule has 0 spiro atoms. The van der Waals surface area contributed by atoms with E-state index in [9.17, 15) is 28.8 Å². The minimum absolute atomic E-state index is 0.229. The van der Waals surface area contributed by atoms with Gasteiger partial charge in [-0.05, 0) is 223 Å². The van der Waals surface area contributed by atoms with Crippen molar-refractivity contribution in [2.45, 2.75) is 276 Å². The van der Waals surface area contributed by atoms with E-state index in [-0.39, 0.29) is 48.3 Å². The second-order valence-corrected chi connectivity index (χ2v) is 99.5. The zero-order valence-corrected chi connectivity index (χ0v) is 87.0. The van der Waals surface area contributed by atoms with Crippen molar-refractivity contribution in [1.82, 2.24) is 0 Å². The molecule has 0 fully saturated rings. The Balaban J connectivity index is -0.000000382. The van der Waals surface area contributed by atoms with Crippen LogP contribution < -0.4 is 5.19 Å². The Morgan fingerprint density at radius 1 is 0.308 bits per heavy atom. The van der Waals surface area contributed by atoms with Gasteiger partial charge in [-0.1, -0.05) is 127 Å². The van der Waals surface area contributed by atoms with E-state index in [0.29, 0.717) is 52.5 Å². The van der Waals surface area contributed by atoms with E-state index in [4.69, 9.17) is 56.9 Å². The third kappa shape index (κ3) is 66.2. The maximum atomic E-state index is 11.9. The Hall–Kier alpha value is -2.76. The highest BCUT2D eigenvalue weighted by Crippen LogP contribution is 2.31. The quantitative estimate of drug-likeness (QED) is 0.0200. The summed E-state index contributed by atoms with van der Waals surface area (Å²) in [5, 5.41) is 1.30. The molecular weight excluding hydrogens is 1550 g/mol. The summed E-state index contributed by atoms with van der Waals surface area (Å²) in [4.78, 5) is 68.3. The number of carbonyl (C=O) groups is 6. The fourth-order valence-corrected chi connectivity index (χ4v) is 61.4. The monoisotopic (exact) mass is 1700 g/mol. The molecule has 0 aliphatic rings. The Labute approximate surface area is 649 Å². The predicted octanol–water partition coefficient (Wildman–Crippen LogP) is 19.3. The second-order valence-electron chi connectivity index (χ2n) is 37.2. The molecule has 1 rings (SSSR count). The van der Waals surface area contributed by atoms with Crippen LogP contribution in [0.1, 0.15) is 48.0 Å². The molecule has 0 heterocycles. The van der Waals surface area contributed by atoms with Gasteiger partial charge in [0.05, 0.1) is 27.1 Å². The predicted molar refractivity (Wildman–Crippen MR) is 472 cm³/mol. The van der Waals surface area contributed by atoms with Crippen molar-refractivity contribution in [1.29, 1.82) is 0 Å². The highest BCUT2D eigenvalue weighted by Gasteiger charge is 2.49. The van der Waals surface area contributed by atoms with E-state index in [1.807, 2.05) is 37.8 Å². The molecule has 1 aromatic carbocycles. The largest absolute Gasteiger partial charge is 0.492 e. The number of hydrogen-bond donors (Lipinski definition) is 0. The molecule has 104 heavy (non-hydrogen) atoms. The van der Waals surface area contributed by atoms with Crippen LogP contribution in [0.15, 0.2) is 103 Å². The van der Waals surface area contributed by atoms with Crippen LogP contribution in [0.5, 0.6) is 0 Å². The van der Waals surface area contributed by atoms with Crippen molar-refractivity contribution in [2.75, 3.05) is 31.5 Å². The number of hydrogen-bond acceptors (Lipinski definition) is 19. The van der Waals surface area contributed by atoms with Gasteiger partial charge in [-0.15, -0.1) is 0 Å². The average Bonchev–Trinajstić information content (AvgIpc) is 0.429. The minimum atomic E-state index is -2.61. The third-order valence-electron chi connectivity index (χ3n) is 11.5. The average molecular weight is 1700 g/mol. The van der Waals surface area contributed by atoms with Crippen LogP contribution in [0.2, 0.25) is 228 Å². The zero-order chi connectivity index (χ0) is 83.9.